The number of hydrogen-bond acceptors (Lipinski definition) is 6. The van der Waals surface area contributed by atoms with E-state index in [9.17, 15) is 13.2 Å². The quantitative estimate of drug-likeness (QED) is 0.261. The van der Waals surface area contributed by atoms with Crippen LogP contribution in [0.15, 0.2) is 42.5 Å². The van der Waals surface area contributed by atoms with Crippen molar-refractivity contribution in [3.05, 3.63) is 68.6 Å². The lowest BCUT2D eigenvalue weighted by Crippen LogP contribution is -2.08. The number of halogens is 5. The maximum atomic E-state index is 12.9. The molecule has 0 bridgehead atoms. The number of thiazole rings is 1. The Balaban J connectivity index is 1.49. The number of fused-ring (bicyclic) bond motifs is 1. The average Bonchev–Trinajstić information content (AvgIpc) is 3.53. The lowest BCUT2D eigenvalue weighted by molar-refractivity contribution is -0.137. The lowest BCUT2D eigenvalue weighted by Gasteiger charge is -2.11. The Morgan fingerprint density at radius 1 is 0.971 bits per heavy atom. The Morgan fingerprint density at radius 3 is 2.32 bits per heavy atom. The van der Waals surface area contributed by atoms with Gasteiger partial charge in [-0.15, -0.1) is 0 Å². The number of nitrogens with zero attached hydrogens (tertiary/aromatic N) is 3. The second-order valence-electron chi connectivity index (χ2n) is 8.06. The van der Waals surface area contributed by atoms with Crippen LogP contribution in [0.1, 0.15) is 29.0 Å². The fourth-order valence-electron chi connectivity index (χ4n) is 3.40. The second-order valence-corrected chi connectivity index (χ2v) is 9.94. The zero-order valence-corrected chi connectivity index (χ0v) is 19.9. The molecular weight excluding hydrogens is 506 g/mol. The minimum absolute atomic E-state index is 0.413. The van der Waals surface area contributed by atoms with Gasteiger partial charge in [0.05, 0.1) is 5.56 Å². The summed E-state index contributed by atoms with van der Waals surface area (Å²) in [4.78, 5) is 14.5. The van der Waals surface area contributed by atoms with Crippen molar-refractivity contribution >= 4 is 62.3 Å². The molecular formula is C23H18Cl2F3N5S. The highest BCUT2D eigenvalue weighted by Crippen LogP contribution is 2.35. The van der Waals surface area contributed by atoms with Crippen molar-refractivity contribution in [1.29, 1.82) is 0 Å². The van der Waals surface area contributed by atoms with E-state index in [2.05, 4.69) is 20.6 Å². The zero-order chi connectivity index (χ0) is 23.9. The lowest BCUT2D eigenvalue weighted by atomic mass is 10.1. The predicted molar refractivity (Wildman–Crippen MR) is 130 cm³/mol. The van der Waals surface area contributed by atoms with Crippen molar-refractivity contribution in [3.8, 4) is 0 Å². The van der Waals surface area contributed by atoms with Crippen molar-refractivity contribution < 1.29 is 13.2 Å². The maximum Gasteiger partial charge on any atom is 0.416 e. The summed E-state index contributed by atoms with van der Waals surface area (Å²) in [6.45, 7) is 0.770. The summed E-state index contributed by atoms with van der Waals surface area (Å²) in [7, 11) is 0. The standard InChI is InChI=1S/C23H18Cl2F3N5S/c24-16-2-1-3-17(25)15(16)10-18-31-19-20(30-14-8-6-13(7-9-14)23(26,27)28)32-22(33-21(19)34-18)29-11-12-4-5-12/h1-3,6-9,12H,4-5,10-11H2,(H2,29,30,32,33). The van der Waals surface area contributed by atoms with E-state index in [-0.39, 0.29) is 0 Å². The number of rotatable bonds is 7. The van der Waals surface area contributed by atoms with Crippen LogP contribution in [0.25, 0.3) is 10.3 Å². The van der Waals surface area contributed by atoms with E-state index in [4.69, 9.17) is 28.2 Å². The SMILES string of the molecule is FC(F)(F)c1ccc(Nc2nc(NCC3CC3)nc3sc(Cc4c(Cl)cccc4Cl)nc23)cc1. The highest BCUT2D eigenvalue weighted by molar-refractivity contribution is 7.18. The molecule has 0 saturated heterocycles. The zero-order valence-electron chi connectivity index (χ0n) is 17.6. The van der Waals surface area contributed by atoms with E-state index in [0.29, 0.717) is 50.2 Å². The third-order valence-electron chi connectivity index (χ3n) is 5.41. The van der Waals surface area contributed by atoms with Crippen LogP contribution in [-0.2, 0) is 12.6 Å². The van der Waals surface area contributed by atoms with Crippen LogP contribution in [0, 0.1) is 5.92 Å². The van der Waals surface area contributed by atoms with Crippen LogP contribution >= 0.6 is 34.5 Å². The Labute approximate surface area is 207 Å². The largest absolute Gasteiger partial charge is 0.416 e. The van der Waals surface area contributed by atoms with Crippen LogP contribution in [0.5, 0.6) is 0 Å². The van der Waals surface area contributed by atoms with E-state index in [1.807, 2.05) is 0 Å². The molecule has 5 rings (SSSR count). The minimum atomic E-state index is -4.40. The topological polar surface area (TPSA) is 62.7 Å². The molecule has 2 aromatic heterocycles. The van der Waals surface area contributed by atoms with Crippen molar-refractivity contribution in [2.75, 3.05) is 17.2 Å². The fraction of sp³-hybridized carbons (Fsp3) is 0.261. The summed E-state index contributed by atoms with van der Waals surface area (Å²) in [6, 6.07) is 10.1. The molecule has 0 radical (unpaired) electrons. The third-order valence-corrected chi connectivity index (χ3v) is 7.07. The highest BCUT2D eigenvalue weighted by atomic mass is 35.5. The van der Waals surface area contributed by atoms with Crippen LogP contribution in [-0.4, -0.2) is 21.5 Å². The first kappa shape index (κ1) is 23.1. The monoisotopic (exact) mass is 523 g/mol. The number of nitrogens with one attached hydrogen (secondary N) is 2. The molecule has 1 aliphatic rings. The molecule has 11 heteroatoms. The number of hydrogen-bond donors (Lipinski definition) is 2. The van der Waals surface area contributed by atoms with Gasteiger partial charge < -0.3 is 10.6 Å². The first-order valence-electron chi connectivity index (χ1n) is 10.5. The molecule has 0 spiro atoms. The third kappa shape index (κ3) is 5.21. The number of benzene rings is 2. The van der Waals surface area contributed by atoms with Gasteiger partial charge in [0.25, 0.3) is 0 Å². The first-order chi connectivity index (χ1) is 16.3. The molecule has 176 valence electrons. The molecule has 4 aromatic rings. The Morgan fingerprint density at radius 2 is 1.68 bits per heavy atom. The number of alkyl halides is 3. The molecule has 2 N–H and O–H groups in total. The average molecular weight is 524 g/mol. The molecule has 0 atom stereocenters. The van der Waals surface area contributed by atoms with Gasteiger partial charge in [0.1, 0.15) is 10.5 Å². The van der Waals surface area contributed by atoms with E-state index >= 15 is 0 Å². The molecule has 0 aliphatic heterocycles. The summed E-state index contributed by atoms with van der Waals surface area (Å²) >= 11 is 14.0. The van der Waals surface area contributed by atoms with Gasteiger partial charge in [-0.25, -0.2) is 9.97 Å². The van der Waals surface area contributed by atoms with Crippen LogP contribution in [0.2, 0.25) is 10.0 Å². The van der Waals surface area contributed by atoms with Crippen LogP contribution in [0.3, 0.4) is 0 Å². The van der Waals surface area contributed by atoms with E-state index in [1.54, 1.807) is 18.2 Å². The van der Waals surface area contributed by atoms with Gasteiger partial charge in [-0.3, -0.25) is 0 Å². The van der Waals surface area contributed by atoms with E-state index in [1.165, 1.54) is 36.3 Å². The number of anilines is 3. The normalized spacial score (nSPS) is 13.9. The Hall–Kier alpha value is -2.62. The van der Waals surface area contributed by atoms with Crippen molar-refractivity contribution in [3.63, 3.8) is 0 Å². The van der Waals surface area contributed by atoms with Gasteiger partial charge in [0.2, 0.25) is 5.95 Å². The Bertz CT molecular complexity index is 1320. The van der Waals surface area contributed by atoms with Crippen molar-refractivity contribution in [1.82, 2.24) is 15.0 Å². The van der Waals surface area contributed by atoms with Gasteiger partial charge in [0, 0.05) is 28.7 Å². The van der Waals surface area contributed by atoms with Gasteiger partial charge >= 0.3 is 6.18 Å². The smallest absolute Gasteiger partial charge is 0.354 e. The van der Waals surface area contributed by atoms with Crippen LogP contribution < -0.4 is 10.6 Å². The minimum Gasteiger partial charge on any atom is -0.354 e. The fourth-order valence-corrected chi connectivity index (χ4v) is 4.88. The molecule has 5 nitrogen and oxygen atoms in total. The molecule has 1 fully saturated rings. The molecule has 1 aliphatic carbocycles. The van der Waals surface area contributed by atoms with Crippen LogP contribution in [0.4, 0.5) is 30.6 Å². The van der Waals surface area contributed by atoms with Gasteiger partial charge in [-0.05, 0) is 60.7 Å². The molecule has 1 saturated carbocycles. The van der Waals surface area contributed by atoms with Gasteiger partial charge in [-0.2, -0.15) is 18.2 Å². The molecule has 0 amide bonds. The van der Waals surface area contributed by atoms with E-state index in [0.717, 1.165) is 29.2 Å². The second kappa shape index (κ2) is 9.20. The highest BCUT2D eigenvalue weighted by Gasteiger charge is 2.30. The van der Waals surface area contributed by atoms with E-state index < -0.39 is 11.7 Å². The predicted octanol–water partition coefficient (Wildman–Crippen LogP) is 7.57. The number of aromatic nitrogens is 3. The molecule has 2 heterocycles. The summed E-state index contributed by atoms with van der Waals surface area (Å²) < 4.78 is 38.8. The summed E-state index contributed by atoms with van der Waals surface area (Å²) in [5, 5.41) is 8.20. The Kier molecular flexibility index (Phi) is 6.26. The summed E-state index contributed by atoms with van der Waals surface area (Å²) in [6.07, 6.45) is -1.63. The van der Waals surface area contributed by atoms with Crippen molar-refractivity contribution in [2.24, 2.45) is 5.92 Å². The molecule has 2 aromatic carbocycles. The maximum absolute atomic E-state index is 12.9. The van der Waals surface area contributed by atoms with Gasteiger partial charge in [0.15, 0.2) is 10.6 Å². The van der Waals surface area contributed by atoms with Crippen molar-refractivity contribution in [2.45, 2.75) is 25.4 Å². The summed E-state index contributed by atoms with van der Waals surface area (Å²) in [5.74, 6) is 1.47. The first-order valence-corrected chi connectivity index (χ1v) is 12.1. The van der Waals surface area contributed by atoms with Gasteiger partial charge in [-0.1, -0.05) is 40.6 Å². The summed E-state index contributed by atoms with van der Waals surface area (Å²) in [5.41, 5.74) is 1.04. The molecule has 0 unspecified atom stereocenters. The molecule has 34 heavy (non-hydrogen) atoms.